The fourth-order valence-electron chi connectivity index (χ4n) is 2.25. The summed E-state index contributed by atoms with van der Waals surface area (Å²) < 4.78 is 51.7. The molecular weight excluding hydrogens is 260 g/mol. The first-order valence-electron chi connectivity index (χ1n) is 6.27. The third kappa shape index (κ3) is 3.18. The van der Waals surface area contributed by atoms with Gasteiger partial charge in [-0.1, -0.05) is 6.92 Å². The lowest BCUT2D eigenvalue weighted by Crippen LogP contribution is -2.50. The van der Waals surface area contributed by atoms with Crippen molar-refractivity contribution in [2.75, 3.05) is 24.5 Å². The van der Waals surface area contributed by atoms with Crippen molar-refractivity contribution in [1.82, 2.24) is 5.32 Å². The van der Waals surface area contributed by atoms with Crippen LogP contribution in [0.4, 0.5) is 23.2 Å². The zero-order valence-electron chi connectivity index (χ0n) is 10.6. The molecule has 0 radical (unpaired) electrons. The van der Waals surface area contributed by atoms with Crippen LogP contribution >= 0.6 is 0 Å². The van der Waals surface area contributed by atoms with Gasteiger partial charge in [-0.3, -0.25) is 0 Å². The average molecular weight is 276 g/mol. The zero-order chi connectivity index (χ0) is 14.0. The first kappa shape index (κ1) is 14.1. The van der Waals surface area contributed by atoms with Gasteiger partial charge in [0.25, 0.3) is 0 Å². The maximum Gasteiger partial charge on any atom is 0.416 e. The Morgan fingerprint density at radius 3 is 2.74 bits per heavy atom. The summed E-state index contributed by atoms with van der Waals surface area (Å²) in [6.07, 6.45) is -3.59. The summed E-state index contributed by atoms with van der Waals surface area (Å²) in [6.45, 7) is 3.67. The van der Waals surface area contributed by atoms with Gasteiger partial charge in [-0.05, 0) is 24.6 Å². The van der Waals surface area contributed by atoms with E-state index in [4.69, 9.17) is 0 Å². The molecular formula is C13H16F4N2. The van der Waals surface area contributed by atoms with Gasteiger partial charge in [-0.2, -0.15) is 13.2 Å². The minimum Gasteiger partial charge on any atom is -0.366 e. The van der Waals surface area contributed by atoms with E-state index in [0.29, 0.717) is 19.6 Å². The second-order valence-corrected chi connectivity index (χ2v) is 4.67. The van der Waals surface area contributed by atoms with Crippen molar-refractivity contribution in [3.63, 3.8) is 0 Å². The molecule has 2 rings (SSSR count). The number of anilines is 1. The Labute approximate surface area is 109 Å². The smallest absolute Gasteiger partial charge is 0.366 e. The van der Waals surface area contributed by atoms with Crippen LogP contribution in [0.25, 0.3) is 0 Å². The van der Waals surface area contributed by atoms with Gasteiger partial charge in [-0.15, -0.1) is 0 Å². The highest BCUT2D eigenvalue weighted by Gasteiger charge is 2.32. The van der Waals surface area contributed by atoms with Crippen LogP contribution in [-0.4, -0.2) is 25.7 Å². The molecule has 19 heavy (non-hydrogen) atoms. The van der Waals surface area contributed by atoms with Crippen molar-refractivity contribution < 1.29 is 17.6 Å². The van der Waals surface area contributed by atoms with E-state index < -0.39 is 17.6 Å². The Hall–Kier alpha value is -1.30. The van der Waals surface area contributed by atoms with Gasteiger partial charge < -0.3 is 10.2 Å². The van der Waals surface area contributed by atoms with E-state index in [1.54, 1.807) is 4.90 Å². The predicted octanol–water partition coefficient (Wildman–Crippen LogP) is 3.03. The molecule has 0 saturated carbocycles. The average Bonchev–Trinajstić information content (AvgIpc) is 2.38. The number of hydrogen-bond donors (Lipinski definition) is 1. The molecule has 1 aliphatic rings. The van der Waals surface area contributed by atoms with Crippen LogP contribution in [0, 0.1) is 5.82 Å². The maximum atomic E-state index is 13.7. The normalized spacial score (nSPS) is 20.7. The minimum atomic E-state index is -4.44. The van der Waals surface area contributed by atoms with Gasteiger partial charge in [0, 0.05) is 25.7 Å². The van der Waals surface area contributed by atoms with Crippen LogP contribution in [0.2, 0.25) is 0 Å². The largest absolute Gasteiger partial charge is 0.416 e. The highest BCUT2D eigenvalue weighted by Crippen LogP contribution is 2.33. The number of rotatable bonds is 2. The Morgan fingerprint density at radius 1 is 1.37 bits per heavy atom. The van der Waals surface area contributed by atoms with Crippen molar-refractivity contribution in [2.45, 2.75) is 25.6 Å². The Bertz CT molecular complexity index is 445. The molecule has 0 aromatic heterocycles. The molecule has 106 valence electrons. The molecule has 0 bridgehead atoms. The quantitative estimate of drug-likeness (QED) is 0.835. The van der Waals surface area contributed by atoms with E-state index in [9.17, 15) is 17.6 Å². The second kappa shape index (κ2) is 5.36. The molecule has 1 aromatic rings. The standard InChI is InChI=1S/C13H16F4N2/c1-2-10-8-19(6-5-18-10)12-7-9(13(15,16)17)3-4-11(12)14/h3-4,7,10,18H,2,5-6,8H2,1H3. The molecule has 6 heteroatoms. The lowest BCUT2D eigenvalue weighted by molar-refractivity contribution is -0.137. The Kier molecular flexibility index (Phi) is 3.99. The number of piperazine rings is 1. The minimum absolute atomic E-state index is 0.0368. The molecule has 1 heterocycles. The summed E-state index contributed by atoms with van der Waals surface area (Å²) in [6, 6.07) is 2.75. The summed E-state index contributed by atoms with van der Waals surface area (Å²) in [5, 5.41) is 3.25. The van der Waals surface area contributed by atoms with Gasteiger partial charge >= 0.3 is 6.18 Å². The zero-order valence-corrected chi connectivity index (χ0v) is 10.6. The van der Waals surface area contributed by atoms with Gasteiger partial charge in [-0.25, -0.2) is 4.39 Å². The van der Waals surface area contributed by atoms with Crippen LogP contribution in [0.5, 0.6) is 0 Å². The summed E-state index contributed by atoms with van der Waals surface area (Å²) in [4.78, 5) is 1.68. The topological polar surface area (TPSA) is 15.3 Å². The van der Waals surface area contributed by atoms with Gasteiger partial charge in [0.1, 0.15) is 5.82 Å². The summed E-state index contributed by atoms with van der Waals surface area (Å²) in [7, 11) is 0. The van der Waals surface area contributed by atoms with Crippen molar-refractivity contribution >= 4 is 5.69 Å². The monoisotopic (exact) mass is 276 g/mol. The molecule has 0 spiro atoms. The van der Waals surface area contributed by atoms with E-state index in [1.165, 1.54) is 0 Å². The van der Waals surface area contributed by atoms with Crippen LogP contribution in [0.15, 0.2) is 18.2 Å². The third-order valence-electron chi connectivity index (χ3n) is 3.36. The van der Waals surface area contributed by atoms with E-state index >= 15 is 0 Å². The maximum absolute atomic E-state index is 13.7. The molecule has 1 saturated heterocycles. The number of hydrogen-bond acceptors (Lipinski definition) is 2. The van der Waals surface area contributed by atoms with E-state index in [-0.39, 0.29) is 11.7 Å². The Balaban J connectivity index is 2.28. The fraction of sp³-hybridized carbons (Fsp3) is 0.538. The van der Waals surface area contributed by atoms with Crippen molar-refractivity contribution in [3.05, 3.63) is 29.6 Å². The molecule has 1 fully saturated rings. The highest BCUT2D eigenvalue weighted by atomic mass is 19.4. The van der Waals surface area contributed by atoms with Crippen molar-refractivity contribution in [2.24, 2.45) is 0 Å². The Morgan fingerprint density at radius 2 is 2.11 bits per heavy atom. The lowest BCUT2D eigenvalue weighted by Gasteiger charge is -2.35. The van der Waals surface area contributed by atoms with Crippen LogP contribution in [-0.2, 0) is 6.18 Å². The van der Waals surface area contributed by atoms with Crippen LogP contribution < -0.4 is 10.2 Å². The number of nitrogens with zero attached hydrogens (tertiary/aromatic N) is 1. The molecule has 0 amide bonds. The molecule has 1 unspecified atom stereocenters. The number of halogens is 4. The summed E-state index contributed by atoms with van der Waals surface area (Å²) >= 11 is 0. The molecule has 1 aromatic carbocycles. The lowest BCUT2D eigenvalue weighted by atomic mass is 10.1. The molecule has 2 nitrogen and oxygen atoms in total. The van der Waals surface area contributed by atoms with Gasteiger partial charge in [0.2, 0.25) is 0 Å². The van der Waals surface area contributed by atoms with E-state index in [0.717, 1.165) is 24.6 Å². The second-order valence-electron chi connectivity index (χ2n) is 4.67. The number of alkyl halides is 3. The molecule has 1 atom stereocenters. The number of benzene rings is 1. The van der Waals surface area contributed by atoms with Crippen LogP contribution in [0.3, 0.4) is 0 Å². The van der Waals surface area contributed by atoms with E-state index in [1.807, 2.05) is 6.92 Å². The van der Waals surface area contributed by atoms with Crippen molar-refractivity contribution in [3.8, 4) is 0 Å². The van der Waals surface area contributed by atoms with Crippen molar-refractivity contribution in [1.29, 1.82) is 0 Å². The first-order valence-corrected chi connectivity index (χ1v) is 6.27. The molecule has 1 aliphatic heterocycles. The molecule has 0 aliphatic carbocycles. The van der Waals surface area contributed by atoms with Gasteiger partial charge in [0.05, 0.1) is 11.3 Å². The fourth-order valence-corrected chi connectivity index (χ4v) is 2.25. The third-order valence-corrected chi connectivity index (χ3v) is 3.36. The van der Waals surface area contributed by atoms with E-state index in [2.05, 4.69) is 5.32 Å². The summed E-state index contributed by atoms with van der Waals surface area (Å²) in [5.74, 6) is -0.607. The van der Waals surface area contributed by atoms with Gasteiger partial charge in [0.15, 0.2) is 0 Å². The highest BCUT2D eigenvalue weighted by molar-refractivity contribution is 5.51. The van der Waals surface area contributed by atoms with Crippen LogP contribution in [0.1, 0.15) is 18.9 Å². The predicted molar refractivity (Wildman–Crippen MR) is 65.7 cm³/mol. The summed E-state index contributed by atoms with van der Waals surface area (Å²) in [5.41, 5.74) is -0.773. The SMILES string of the molecule is CCC1CN(c2cc(C(F)(F)F)ccc2F)CCN1. The first-order chi connectivity index (χ1) is 8.91. The number of nitrogens with one attached hydrogen (secondary N) is 1. The molecule has 1 N–H and O–H groups in total.